The van der Waals surface area contributed by atoms with Crippen molar-refractivity contribution in [2.24, 2.45) is 0 Å². The van der Waals surface area contributed by atoms with Gasteiger partial charge in [0, 0.05) is 5.92 Å². The van der Waals surface area contributed by atoms with Crippen molar-refractivity contribution in [2.75, 3.05) is 5.32 Å². The Bertz CT molecular complexity index is 1170. The molecule has 0 saturated carbocycles. The maximum absolute atomic E-state index is 13.7. The van der Waals surface area contributed by atoms with Crippen molar-refractivity contribution in [3.05, 3.63) is 63.7 Å². The van der Waals surface area contributed by atoms with Crippen molar-refractivity contribution in [1.82, 2.24) is 5.32 Å². The largest absolute Gasteiger partial charge is 0.417 e. The molecule has 5 nitrogen and oxygen atoms in total. The molecule has 3 unspecified atom stereocenters. The smallest absolute Gasteiger partial charge is 0.323 e. The molecule has 0 aromatic heterocycles. The molecule has 3 atom stereocenters. The summed E-state index contributed by atoms with van der Waals surface area (Å²) in [6.07, 6.45) is -10.3. The summed E-state index contributed by atoms with van der Waals surface area (Å²) in [5, 5.41) is 22.3. The minimum absolute atomic E-state index is 0.00812. The lowest BCUT2D eigenvalue weighted by Gasteiger charge is -2.23. The molecule has 3 rings (SSSR count). The van der Waals surface area contributed by atoms with Crippen molar-refractivity contribution in [1.29, 1.82) is 10.5 Å². The molecule has 0 radical (unpaired) electrons. The zero-order chi connectivity index (χ0) is 24.6. The van der Waals surface area contributed by atoms with Crippen LogP contribution in [0.15, 0.2) is 36.4 Å². The van der Waals surface area contributed by atoms with Crippen LogP contribution in [0.3, 0.4) is 0 Å². The van der Waals surface area contributed by atoms with Gasteiger partial charge in [0.15, 0.2) is 0 Å². The van der Waals surface area contributed by atoms with E-state index >= 15 is 0 Å². The molecule has 1 heterocycles. The second-order valence-corrected chi connectivity index (χ2v) is 7.70. The fourth-order valence-electron chi connectivity index (χ4n) is 3.66. The van der Waals surface area contributed by atoms with E-state index < -0.39 is 53.8 Å². The highest BCUT2D eigenvalue weighted by Gasteiger charge is 2.52. The molecule has 0 bridgehead atoms. The number of anilines is 1. The molecule has 2 aromatic rings. The second kappa shape index (κ2) is 8.93. The Balaban J connectivity index is 1.91. The number of carbonyl (C=O) groups is 1. The van der Waals surface area contributed by atoms with Gasteiger partial charge in [0.2, 0.25) is 5.91 Å². The van der Waals surface area contributed by atoms with Crippen LogP contribution in [0, 0.1) is 22.7 Å². The van der Waals surface area contributed by atoms with Crippen LogP contribution in [0.2, 0.25) is 5.02 Å². The molecule has 1 aliphatic rings. The van der Waals surface area contributed by atoms with Gasteiger partial charge >= 0.3 is 12.4 Å². The maximum Gasteiger partial charge on any atom is 0.417 e. The number of nitriles is 2. The van der Waals surface area contributed by atoms with E-state index in [1.807, 2.05) is 6.07 Å². The number of carbonyl (C=O) groups excluding carboxylic acids is 1. The van der Waals surface area contributed by atoms with Crippen molar-refractivity contribution < 1.29 is 31.1 Å². The average Bonchev–Trinajstić information content (AvgIpc) is 3.20. The first-order valence-corrected chi connectivity index (χ1v) is 9.67. The zero-order valence-corrected chi connectivity index (χ0v) is 17.1. The minimum Gasteiger partial charge on any atom is -0.323 e. The molecule has 172 valence electrons. The van der Waals surface area contributed by atoms with Gasteiger partial charge in [0.25, 0.3) is 0 Å². The summed E-state index contributed by atoms with van der Waals surface area (Å²) in [4.78, 5) is 12.6. The lowest BCUT2D eigenvalue weighted by Crippen LogP contribution is -2.46. The Morgan fingerprint density at radius 1 is 1.06 bits per heavy atom. The molecular weight excluding hydrogens is 474 g/mol. The highest BCUT2D eigenvalue weighted by molar-refractivity contribution is 6.33. The predicted molar refractivity (Wildman–Crippen MR) is 105 cm³/mol. The van der Waals surface area contributed by atoms with Crippen LogP contribution in [-0.2, 0) is 11.0 Å². The number of hydrogen-bond acceptors (Lipinski definition) is 4. The van der Waals surface area contributed by atoms with Crippen molar-refractivity contribution in [3.8, 4) is 12.1 Å². The van der Waals surface area contributed by atoms with Crippen LogP contribution in [0.4, 0.5) is 32.0 Å². The molecule has 2 N–H and O–H groups in total. The molecule has 0 aliphatic carbocycles. The van der Waals surface area contributed by atoms with Crippen LogP contribution in [-0.4, -0.2) is 24.2 Å². The van der Waals surface area contributed by atoms with Gasteiger partial charge in [-0.2, -0.15) is 36.9 Å². The molecule has 1 fully saturated rings. The van der Waals surface area contributed by atoms with E-state index in [0.29, 0.717) is 6.07 Å². The third kappa shape index (κ3) is 5.21. The number of halogens is 7. The third-order valence-corrected chi connectivity index (χ3v) is 5.51. The summed E-state index contributed by atoms with van der Waals surface area (Å²) in [6.45, 7) is 0. The number of benzene rings is 2. The topological polar surface area (TPSA) is 88.7 Å². The number of nitrogens with zero attached hydrogens (tertiary/aromatic N) is 2. The second-order valence-electron chi connectivity index (χ2n) is 7.29. The van der Waals surface area contributed by atoms with Crippen LogP contribution in [0.25, 0.3) is 0 Å². The van der Waals surface area contributed by atoms with E-state index in [2.05, 4.69) is 10.6 Å². The summed E-state index contributed by atoms with van der Waals surface area (Å²) in [7, 11) is 0. The van der Waals surface area contributed by atoms with Crippen LogP contribution < -0.4 is 10.6 Å². The fourth-order valence-corrected chi connectivity index (χ4v) is 3.88. The molecule has 12 heteroatoms. The van der Waals surface area contributed by atoms with E-state index in [1.165, 1.54) is 24.3 Å². The Labute approximate surface area is 188 Å². The van der Waals surface area contributed by atoms with Gasteiger partial charge < -0.3 is 5.32 Å². The van der Waals surface area contributed by atoms with Gasteiger partial charge in [0.05, 0.1) is 45.6 Å². The Morgan fingerprint density at radius 3 is 2.30 bits per heavy atom. The van der Waals surface area contributed by atoms with Gasteiger partial charge in [-0.1, -0.05) is 17.7 Å². The van der Waals surface area contributed by atoms with Gasteiger partial charge in [-0.15, -0.1) is 0 Å². The van der Waals surface area contributed by atoms with Gasteiger partial charge in [-0.05, 0) is 42.3 Å². The number of amides is 1. The summed E-state index contributed by atoms with van der Waals surface area (Å²) in [6, 6.07) is 5.80. The summed E-state index contributed by atoms with van der Waals surface area (Å²) in [5.41, 5.74) is -2.10. The lowest BCUT2D eigenvalue weighted by atomic mass is 9.88. The van der Waals surface area contributed by atoms with E-state index in [4.69, 9.17) is 22.1 Å². The highest BCUT2D eigenvalue weighted by Crippen LogP contribution is 2.42. The SMILES string of the molecule is N#Cc1ccc(NC(=O)C2CC(c3ccc(C#N)c(C(F)(F)F)c3)C(C(F)(F)F)N2)c(Cl)c1. The lowest BCUT2D eigenvalue weighted by molar-refractivity contribution is -0.156. The first-order valence-electron chi connectivity index (χ1n) is 9.29. The van der Waals surface area contributed by atoms with E-state index in [9.17, 15) is 31.1 Å². The molecule has 2 aromatic carbocycles. The fraction of sp³-hybridized carbons (Fsp3) is 0.286. The normalized spacial score (nSPS) is 20.7. The molecule has 33 heavy (non-hydrogen) atoms. The summed E-state index contributed by atoms with van der Waals surface area (Å²) in [5.74, 6) is -2.38. The van der Waals surface area contributed by atoms with E-state index in [0.717, 1.165) is 12.1 Å². The molecule has 0 spiro atoms. The van der Waals surface area contributed by atoms with Gasteiger partial charge in [-0.25, -0.2) is 0 Å². The standard InChI is InChI=1S/C21H13ClF6N4O/c22-15-5-10(8-29)1-4-16(15)32-19(33)17-7-13(18(31-17)21(26,27)28)11-2-3-12(9-30)14(6-11)20(23,24)25/h1-6,13,17-18,31H,7H2,(H,32,33). The Hall–Kier alpha value is -3.28. The summed E-state index contributed by atoms with van der Waals surface area (Å²) >= 11 is 5.97. The van der Waals surface area contributed by atoms with Crippen molar-refractivity contribution in [2.45, 2.75) is 36.8 Å². The Morgan fingerprint density at radius 2 is 1.76 bits per heavy atom. The van der Waals surface area contributed by atoms with Crippen molar-refractivity contribution in [3.63, 3.8) is 0 Å². The van der Waals surface area contributed by atoms with Crippen LogP contribution in [0.5, 0.6) is 0 Å². The molecular formula is C21H13ClF6N4O. The molecule has 1 saturated heterocycles. The maximum atomic E-state index is 13.7. The van der Waals surface area contributed by atoms with Crippen LogP contribution >= 0.6 is 11.6 Å². The monoisotopic (exact) mass is 486 g/mol. The first kappa shape index (κ1) is 24.4. The summed E-state index contributed by atoms with van der Waals surface area (Å²) < 4.78 is 80.9. The van der Waals surface area contributed by atoms with Gasteiger partial charge in [-0.3, -0.25) is 10.1 Å². The number of nitrogens with one attached hydrogen (secondary N) is 2. The quantitative estimate of drug-likeness (QED) is 0.590. The third-order valence-electron chi connectivity index (χ3n) is 5.20. The molecule has 1 amide bonds. The first-order chi connectivity index (χ1) is 15.3. The number of alkyl halides is 6. The highest BCUT2D eigenvalue weighted by atomic mass is 35.5. The number of rotatable bonds is 3. The van der Waals surface area contributed by atoms with Crippen LogP contribution in [0.1, 0.15) is 34.6 Å². The van der Waals surface area contributed by atoms with Gasteiger partial charge in [0.1, 0.15) is 6.04 Å². The van der Waals surface area contributed by atoms with Crippen molar-refractivity contribution >= 4 is 23.2 Å². The van der Waals surface area contributed by atoms with E-state index in [1.54, 1.807) is 0 Å². The average molecular weight is 487 g/mol. The predicted octanol–water partition coefficient (Wildman–Crippen LogP) is 5.12. The number of hydrogen-bond donors (Lipinski definition) is 2. The molecule has 1 aliphatic heterocycles. The minimum atomic E-state index is -4.94. The Kier molecular flexibility index (Phi) is 6.59. The zero-order valence-electron chi connectivity index (χ0n) is 16.4. The van der Waals surface area contributed by atoms with E-state index in [-0.39, 0.29) is 21.8 Å².